The molecule has 2 nitrogen and oxygen atoms in total. The number of hydrogen-bond donors (Lipinski definition) is 1. The molecule has 0 radical (unpaired) electrons. The first-order chi connectivity index (χ1) is 8.97. The molecule has 0 fully saturated rings. The predicted molar refractivity (Wildman–Crippen MR) is 80.3 cm³/mol. The van der Waals surface area contributed by atoms with Crippen LogP contribution in [0.4, 0.5) is 5.69 Å². The van der Waals surface area contributed by atoms with Crippen LogP contribution in [-0.2, 0) is 12.0 Å². The van der Waals surface area contributed by atoms with Crippen molar-refractivity contribution in [1.29, 1.82) is 0 Å². The average Bonchev–Trinajstić information content (AvgIpc) is 2.36. The molecule has 19 heavy (non-hydrogen) atoms. The average molecular weight is 255 g/mol. The molecular weight excluding hydrogens is 234 g/mol. The summed E-state index contributed by atoms with van der Waals surface area (Å²) in [6, 6.07) is 16.0. The van der Waals surface area contributed by atoms with E-state index in [1.807, 2.05) is 42.5 Å². The molecular formula is C17H21NO. The Hall–Kier alpha value is -1.96. The molecule has 0 spiro atoms. The quantitative estimate of drug-likeness (QED) is 0.836. The van der Waals surface area contributed by atoms with Crippen molar-refractivity contribution in [3.8, 4) is 5.75 Å². The third-order valence-electron chi connectivity index (χ3n) is 3.04. The highest BCUT2D eigenvalue weighted by molar-refractivity contribution is 5.41. The van der Waals surface area contributed by atoms with E-state index in [4.69, 9.17) is 10.5 Å². The third-order valence-corrected chi connectivity index (χ3v) is 3.04. The minimum atomic E-state index is 0.0757. The second kappa shape index (κ2) is 5.35. The van der Waals surface area contributed by atoms with Gasteiger partial charge in [-0.25, -0.2) is 0 Å². The van der Waals surface area contributed by atoms with Gasteiger partial charge in [0.1, 0.15) is 12.4 Å². The Labute approximate surface area is 115 Å². The van der Waals surface area contributed by atoms with E-state index in [0.29, 0.717) is 6.61 Å². The van der Waals surface area contributed by atoms with Gasteiger partial charge in [0.2, 0.25) is 0 Å². The number of anilines is 1. The molecule has 0 aliphatic heterocycles. The zero-order valence-electron chi connectivity index (χ0n) is 11.8. The van der Waals surface area contributed by atoms with E-state index in [2.05, 4.69) is 26.8 Å². The summed E-state index contributed by atoms with van der Waals surface area (Å²) >= 11 is 0. The van der Waals surface area contributed by atoms with Crippen molar-refractivity contribution in [3.63, 3.8) is 0 Å². The molecule has 0 unspecified atom stereocenters. The number of benzene rings is 2. The minimum absolute atomic E-state index is 0.0757. The molecule has 2 aromatic rings. The second-order valence-corrected chi connectivity index (χ2v) is 5.78. The third kappa shape index (κ3) is 3.50. The number of nitrogen functional groups attached to an aromatic ring is 1. The zero-order valence-corrected chi connectivity index (χ0v) is 11.8. The topological polar surface area (TPSA) is 35.2 Å². The van der Waals surface area contributed by atoms with Crippen molar-refractivity contribution >= 4 is 5.69 Å². The number of para-hydroxylation sites is 1. The van der Waals surface area contributed by atoms with Crippen LogP contribution in [-0.4, -0.2) is 0 Å². The first kappa shape index (κ1) is 13.5. The summed E-state index contributed by atoms with van der Waals surface area (Å²) in [5.41, 5.74) is 8.92. The van der Waals surface area contributed by atoms with Gasteiger partial charge in [-0.15, -0.1) is 0 Å². The maximum atomic E-state index is 5.95. The van der Waals surface area contributed by atoms with Crippen LogP contribution in [0.2, 0.25) is 0 Å². The van der Waals surface area contributed by atoms with Crippen molar-refractivity contribution in [1.82, 2.24) is 0 Å². The van der Waals surface area contributed by atoms with Crippen LogP contribution < -0.4 is 10.5 Å². The van der Waals surface area contributed by atoms with Crippen LogP contribution in [0.1, 0.15) is 31.9 Å². The highest BCUT2D eigenvalue weighted by atomic mass is 16.5. The van der Waals surface area contributed by atoms with E-state index in [-0.39, 0.29) is 5.41 Å². The van der Waals surface area contributed by atoms with E-state index in [1.165, 1.54) is 5.56 Å². The molecule has 2 heteroatoms. The summed E-state index contributed by atoms with van der Waals surface area (Å²) in [7, 11) is 0. The summed E-state index contributed by atoms with van der Waals surface area (Å²) in [5.74, 6) is 0.942. The summed E-state index contributed by atoms with van der Waals surface area (Å²) in [4.78, 5) is 0. The van der Waals surface area contributed by atoms with Gasteiger partial charge >= 0.3 is 0 Å². The Morgan fingerprint density at radius 2 is 1.74 bits per heavy atom. The van der Waals surface area contributed by atoms with E-state index >= 15 is 0 Å². The largest absolute Gasteiger partial charge is 0.489 e. The Bertz CT molecular complexity index is 555. The van der Waals surface area contributed by atoms with Crippen LogP contribution in [0.15, 0.2) is 48.5 Å². The molecule has 0 aromatic heterocycles. The smallest absolute Gasteiger partial charge is 0.123 e. The lowest BCUT2D eigenvalue weighted by atomic mass is 9.86. The SMILES string of the molecule is CC(C)(C)c1ccccc1OCc1cccc(N)c1. The summed E-state index contributed by atoms with van der Waals surface area (Å²) in [6.45, 7) is 7.11. The molecule has 0 atom stereocenters. The van der Waals surface area contributed by atoms with Gasteiger partial charge in [0.05, 0.1) is 0 Å². The highest BCUT2D eigenvalue weighted by Crippen LogP contribution is 2.31. The highest BCUT2D eigenvalue weighted by Gasteiger charge is 2.18. The maximum absolute atomic E-state index is 5.95. The van der Waals surface area contributed by atoms with Crippen LogP contribution in [0.5, 0.6) is 5.75 Å². The van der Waals surface area contributed by atoms with Gasteiger partial charge in [0, 0.05) is 5.69 Å². The number of rotatable bonds is 3. The van der Waals surface area contributed by atoms with Gasteiger partial charge in [0.25, 0.3) is 0 Å². The number of hydrogen-bond acceptors (Lipinski definition) is 2. The van der Waals surface area contributed by atoms with Crippen molar-refractivity contribution in [3.05, 3.63) is 59.7 Å². The Morgan fingerprint density at radius 1 is 1.00 bits per heavy atom. The maximum Gasteiger partial charge on any atom is 0.123 e. The molecule has 0 aliphatic rings. The van der Waals surface area contributed by atoms with E-state index < -0.39 is 0 Å². The Balaban J connectivity index is 2.16. The molecule has 0 heterocycles. The van der Waals surface area contributed by atoms with Gasteiger partial charge in [0.15, 0.2) is 0 Å². The van der Waals surface area contributed by atoms with E-state index in [0.717, 1.165) is 17.0 Å². The van der Waals surface area contributed by atoms with Crippen molar-refractivity contribution in [2.75, 3.05) is 5.73 Å². The van der Waals surface area contributed by atoms with Gasteiger partial charge in [-0.3, -0.25) is 0 Å². The van der Waals surface area contributed by atoms with Crippen LogP contribution in [0, 0.1) is 0 Å². The normalized spacial score (nSPS) is 11.3. The molecule has 0 saturated carbocycles. The monoisotopic (exact) mass is 255 g/mol. The lowest BCUT2D eigenvalue weighted by Crippen LogP contribution is -2.13. The fraction of sp³-hybridized carbons (Fsp3) is 0.294. The van der Waals surface area contributed by atoms with Gasteiger partial charge < -0.3 is 10.5 Å². The summed E-state index contributed by atoms with van der Waals surface area (Å²) in [6.07, 6.45) is 0. The number of nitrogens with two attached hydrogens (primary N) is 1. The summed E-state index contributed by atoms with van der Waals surface area (Å²) < 4.78 is 5.95. The summed E-state index contributed by atoms with van der Waals surface area (Å²) in [5, 5.41) is 0. The first-order valence-electron chi connectivity index (χ1n) is 6.53. The fourth-order valence-corrected chi connectivity index (χ4v) is 2.06. The predicted octanol–water partition coefficient (Wildman–Crippen LogP) is 4.15. The minimum Gasteiger partial charge on any atom is -0.489 e. The molecule has 100 valence electrons. The van der Waals surface area contributed by atoms with E-state index in [9.17, 15) is 0 Å². The Morgan fingerprint density at radius 3 is 2.42 bits per heavy atom. The van der Waals surface area contributed by atoms with Crippen molar-refractivity contribution in [2.45, 2.75) is 32.8 Å². The second-order valence-electron chi connectivity index (χ2n) is 5.78. The fourth-order valence-electron chi connectivity index (χ4n) is 2.06. The van der Waals surface area contributed by atoms with Crippen LogP contribution in [0.25, 0.3) is 0 Å². The molecule has 0 aliphatic carbocycles. The Kier molecular flexibility index (Phi) is 3.79. The number of ether oxygens (including phenoxy) is 1. The van der Waals surface area contributed by atoms with Crippen LogP contribution in [0.3, 0.4) is 0 Å². The lowest BCUT2D eigenvalue weighted by Gasteiger charge is -2.22. The molecule has 2 N–H and O–H groups in total. The van der Waals surface area contributed by atoms with E-state index in [1.54, 1.807) is 0 Å². The van der Waals surface area contributed by atoms with Gasteiger partial charge in [-0.05, 0) is 34.7 Å². The van der Waals surface area contributed by atoms with Gasteiger partial charge in [-0.1, -0.05) is 51.1 Å². The van der Waals surface area contributed by atoms with Gasteiger partial charge in [-0.2, -0.15) is 0 Å². The zero-order chi connectivity index (χ0) is 13.9. The van der Waals surface area contributed by atoms with Crippen molar-refractivity contribution in [2.24, 2.45) is 0 Å². The van der Waals surface area contributed by atoms with Crippen LogP contribution >= 0.6 is 0 Å². The van der Waals surface area contributed by atoms with Crippen molar-refractivity contribution < 1.29 is 4.74 Å². The molecule has 0 bridgehead atoms. The molecule has 0 saturated heterocycles. The molecule has 0 amide bonds. The standard InChI is InChI=1S/C17H21NO/c1-17(2,3)15-9-4-5-10-16(15)19-12-13-7-6-8-14(18)11-13/h4-11H,12,18H2,1-3H3. The molecule has 2 aromatic carbocycles. The molecule has 2 rings (SSSR count). The lowest BCUT2D eigenvalue weighted by molar-refractivity contribution is 0.297. The first-order valence-corrected chi connectivity index (χ1v) is 6.53.